The van der Waals surface area contributed by atoms with Crippen LogP contribution in [-0.4, -0.2) is 24.9 Å². The summed E-state index contributed by atoms with van der Waals surface area (Å²) in [5.41, 5.74) is 0. The van der Waals surface area contributed by atoms with Gasteiger partial charge in [0, 0.05) is 26.2 Å². The lowest BCUT2D eigenvalue weighted by molar-refractivity contribution is 0.112. The molecule has 0 fully saturated rings. The minimum Gasteiger partial charge on any atom is -0.396 e. The Morgan fingerprint density at radius 3 is 1.52 bits per heavy atom. The normalized spacial score (nSPS) is 10.7. The number of aliphatic hydroxyl groups excluding tert-OH is 1. The van der Waals surface area contributed by atoms with Gasteiger partial charge in [0.15, 0.2) is 0 Å². The van der Waals surface area contributed by atoms with Gasteiger partial charge in [0.05, 0.1) is 0 Å². The highest BCUT2D eigenvalue weighted by molar-refractivity contribution is 4.82. The first-order valence-corrected chi connectivity index (χ1v) is 9.04. The number of terminal acetylenes is 1. The van der Waals surface area contributed by atoms with Crippen molar-refractivity contribution >= 4 is 0 Å². The van der Waals surface area contributed by atoms with Gasteiger partial charge in [0.1, 0.15) is 0 Å². The van der Waals surface area contributed by atoms with Crippen molar-refractivity contribution in [2.24, 2.45) is 0 Å². The molecule has 0 amide bonds. The number of hydrogen-bond donors (Lipinski definition) is 1. The second-order valence-corrected chi connectivity index (χ2v) is 5.89. The molecule has 2 nitrogen and oxygen atoms in total. The van der Waals surface area contributed by atoms with Crippen molar-refractivity contribution in [2.45, 2.75) is 89.9 Å². The molecule has 0 rings (SSSR count). The summed E-state index contributed by atoms with van der Waals surface area (Å²) in [5, 5.41) is 8.60. The maximum atomic E-state index is 8.60. The van der Waals surface area contributed by atoms with Crippen LogP contribution in [0.5, 0.6) is 0 Å². The zero-order chi connectivity index (χ0) is 15.4. The average molecular weight is 296 g/mol. The van der Waals surface area contributed by atoms with Crippen molar-refractivity contribution in [3.63, 3.8) is 0 Å². The van der Waals surface area contributed by atoms with Crippen LogP contribution in [0.15, 0.2) is 0 Å². The Morgan fingerprint density at radius 2 is 1.05 bits per heavy atom. The van der Waals surface area contributed by atoms with Gasteiger partial charge in [-0.25, -0.2) is 0 Å². The molecular weight excluding hydrogens is 260 g/mol. The standard InChI is InChI=1S/C19H36O2/c1-2-3-4-5-6-7-8-9-10-11-12-13-14-15-18-21-19-16-17-20/h1,20H,3-19H2. The minimum absolute atomic E-state index is 0.241. The molecule has 0 heterocycles. The van der Waals surface area contributed by atoms with Gasteiger partial charge in [-0.1, -0.05) is 64.2 Å². The number of unbranched alkanes of at least 4 members (excludes halogenated alkanes) is 12. The maximum absolute atomic E-state index is 8.60. The van der Waals surface area contributed by atoms with Crippen molar-refractivity contribution in [2.75, 3.05) is 19.8 Å². The van der Waals surface area contributed by atoms with Crippen molar-refractivity contribution in [1.29, 1.82) is 0 Å². The van der Waals surface area contributed by atoms with E-state index in [0.29, 0.717) is 6.61 Å². The molecule has 124 valence electrons. The van der Waals surface area contributed by atoms with Crippen LogP contribution in [0.25, 0.3) is 0 Å². The van der Waals surface area contributed by atoms with Crippen molar-refractivity contribution in [1.82, 2.24) is 0 Å². The molecule has 2 heteroatoms. The van der Waals surface area contributed by atoms with Gasteiger partial charge in [-0.2, -0.15) is 0 Å². The average Bonchev–Trinajstić information content (AvgIpc) is 2.50. The fourth-order valence-corrected chi connectivity index (χ4v) is 2.47. The molecule has 0 aromatic heterocycles. The van der Waals surface area contributed by atoms with Crippen LogP contribution in [0.4, 0.5) is 0 Å². The highest BCUT2D eigenvalue weighted by atomic mass is 16.5. The molecule has 1 N–H and O–H groups in total. The second-order valence-electron chi connectivity index (χ2n) is 5.89. The third-order valence-corrected chi connectivity index (χ3v) is 3.81. The minimum atomic E-state index is 0.241. The smallest absolute Gasteiger partial charge is 0.0487 e. The third-order valence-electron chi connectivity index (χ3n) is 3.81. The van der Waals surface area contributed by atoms with E-state index in [1.54, 1.807) is 0 Å². The van der Waals surface area contributed by atoms with Gasteiger partial charge in [0.25, 0.3) is 0 Å². The van der Waals surface area contributed by atoms with E-state index >= 15 is 0 Å². The lowest BCUT2D eigenvalue weighted by Crippen LogP contribution is -1.98. The predicted molar refractivity (Wildman–Crippen MR) is 91.4 cm³/mol. The Kier molecular flexibility index (Phi) is 19.0. The molecular formula is C19H36O2. The van der Waals surface area contributed by atoms with E-state index in [0.717, 1.165) is 19.4 Å². The maximum Gasteiger partial charge on any atom is 0.0487 e. The van der Waals surface area contributed by atoms with Crippen LogP contribution in [0.1, 0.15) is 89.9 Å². The van der Waals surface area contributed by atoms with Gasteiger partial charge in [-0.15, -0.1) is 12.3 Å². The molecule has 21 heavy (non-hydrogen) atoms. The van der Waals surface area contributed by atoms with Gasteiger partial charge in [0.2, 0.25) is 0 Å². The number of aliphatic hydroxyl groups is 1. The zero-order valence-corrected chi connectivity index (χ0v) is 14.0. The first kappa shape index (κ1) is 20.5. The first-order valence-electron chi connectivity index (χ1n) is 9.04. The summed E-state index contributed by atoms with van der Waals surface area (Å²) in [5.74, 6) is 2.70. The molecule has 0 bridgehead atoms. The molecule has 0 atom stereocenters. The van der Waals surface area contributed by atoms with Crippen LogP contribution < -0.4 is 0 Å². The fraction of sp³-hybridized carbons (Fsp3) is 0.895. The summed E-state index contributed by atoms with van der Waals surface area (Å²) < 4.78 is 5.41. The molecule has 0 radical (unpaired) electrons. The van der Waals surface area contributed by atoms with Gasteiger partial charge >= 0.3 is 0 Å². The van der Waals surface area contributed by atoms with E-state index < -0.39 is 0 Å². The highest BCUT2D eigenvalue weighted by Gasteiger charge is 1.94. The first-order chi connectivity index (χ1) is 10.4. The lowest BCUT2D eigenvalue weighted by atomic mass is 10.0. The van der Waals surface area contributed by atoms with Crippen LogP contribution in [0.3, 0.4) is 0 Å². The molecule has 0 aliphatic rings. The SMILES string of the molecule is C#CCCCCCCCCCCCCCCOCCCO. The van der Waals surface area contributed by atoms with Gasteiger partial charge in [-0.05, 0) is 19.3 Å². The van der Waals surface area contributed by atoms with E-state index in [9.17, 15) is 0 Å². The van der Waals surface area contributed by atoms with Crippen molar-refractivity contribution < 1.29 is 9.84 Å². The Balaban J connectivity index is 2.92. The van der Waals surface area contributed by atoms with E-state index in [1.807, 2.05) is 0 Å². The predicted octanol–water partition coefficient (Wildman–Crippen LogP) is 5.09. The Hall–Kier alpha value is -0.520. The van der Waals surface area contributed by atoms with E-state index in [4.69, 9.17) is 16.3 Å². The molecule has 0 aliphatic heterocycles. The molecule has 0 aliphatic carbocycles. The van der Waals surface area contributed by atoms with Crippen LogP contribution in [0, 0.1) is 12.3 Å². The molecule has 0 aromatic carbocycles. The second kappa shape index (κ2) is 19.5. The lowest BCUT2D eigenvalue weighted by Gasteiger charge is -2.04. The zero-order valence-electron chi connectivity index (χ0n) is 14.0. The molecule has 0 spiro atoms. The summed E-state index contributed by atoms with van der Waals surface area (Å²) in [4.78, 5) is 0. The Bertz CT molecular complexity index is 220. The van der Waals surface area contributed by atoms with E-state index in [-0.39, 0.29) is 6.61 Å². The van der Waals surface area contributed by atoms with E-state index in [2.05, 4.69) is 5.92 Å². The molecule has 0 saturated heterocycles. The summed E-state index contributed by atoms with van der Waals surface area (Å²) in [7, 11) is 0. The Labute approximate surface area is 132 Å². The van der Waals surface area contributed by atoms with Gasteiger partial charge < -0.3 is 9.84 Å². The van der Waals surface area contributed by atoms with Gasteiger partial charge in [-0.3, -0.25) is 0 Å². The topological polar surface area (TPSA) is 29.5 Å². The largest absolute Gasteiger partial charge is 0.396 e. The third kappa shape index (κ3) is 19.5. The quantitative estimate of drug-likeness (QED) is 0.299. The Morgan fingerprint density at radius 1 is 0.619 bits per heavy atom. The summed E-state index contributed by atoms with van der Waals surface area (Å²) in [6.07, 6.45) is 23.0. The molecule has 0 aromatic rings. The highest BCUT2D eigenvalue weighted by Crippen LogP contribution is 2.12. The summed E-state index contributed by atoms with van der Waals surface area (Å²) >= 11 is 0. The van der Waals surface area contributed by atoms with Crippen molar-refractivity contribution in [3.05, 3.63) is 0 Å². The monoisotopic (exact) mass is 296 g/mol. The number of hydrogen-bond acceptors (Lipinski definition) is 2. The van der Waals surface area contributed by atoms with Crippen LogP contribution in [0.2, 0.25) is 0 Å². The summed E-state index contributed by atoms with van der Waals surface area (Å²) in [6, 6.07) is 0. The molecule has 0 unspecified atom stereocenters. The van der Waals surface area contributed by atoms with Crippen LogP contribution in [-0.2, 0) is 4.74 Å². The number of ether oxygens (including phenoxy) is 1. The number of rotatable bonds is 17. The van der Waals surface area contributed by atoms with Crippen molar-refractivity contribution in [3.8, 4) is 12.3 Å². The van der Waals surface area contributed by atoms with E-state index in [1.165, 1.54) is 77.0 Å². The fourth-order valence-electron chi connectivity index (χ4n) is 2.47. The summed E-state index contributed by atoms with van der Waals surface area (Å²) in [6.45, 7) is 1.81. The molecule has 0 saturated carbocycles. The van der Waals surface area contributed by atoms with Crippen LogP contribution >= 0.6 is 0 Å².